The van der Waals surface area contributed by atoms with Gasteiger partial charge < -0.3 is 4.57 Å². The number of hydrogen-bond donors (Lipinski definition) is 0. The van der Waals surface area contributed by atoms with Crippen LogP contribution in [0.25, 0.3) is 0 Å². The molecule has 1 aliphatic rings. The van der Waals surface area contributed by atoms with Crippen molar-refractivity contribution in [2.24, 2.45) is 0 Å². The van der Waals surface area contributed by atoms with Crippen LogP contribution in [0.15, 0.2) is 23.6 Å². The monoisotopic (exact) mass is 387 g/mol. The Bertz CT molecular complexity index is 914. The summed E-state index contributed by atoms with van der Waals surface area (Å²) in [6.45, 7) is 6.13. The number of carbonyl (C=O) groups excluding carboxylic acids is 4. The maximum Gasteiger partial charge on any atom is 0.334 e. The summed E-state index contributed by atoms with van der Waals surface area (Å²) in [5.41, 5.74) is 2.20. The summed E-state index contributed by atoms with van der Waals surface area (Å²) in [4.78, 5) is 52.3. The molecule has 0 aliphatic carbocycles. The van der Waals surface area contributed by atoms with Crippen molar-refractivity contribution in [2.75, 3.05) is 13.1 Å². The number of aryl methyl sites for hydroxylation is 1. The van der Waals surface area contributed by atoms with Crippen LogP contribution in [-0.2, 0) is 22.6 Å². The summed E-state index contributed by atoms with van der Waals surface area (Å²) >= 11 is 1.52. The van der Waals surface area contributed by atoms with Crippen molar-refractivity contribution in [3.63, 3.8) is 0 Å². The van der Waals surface area contributed by atoms with Gasteiger partial charge in [-0.2, -0.15) is 0 Å². The number of urea groups is 1. The molecule has 0 bridgehead atoms. The lowest BCUT2D eigenvalue weighted by molar-refractivity contribution is -0.143. The van der Waals surface area contributed by atoms with E-state index in [1.54, 1.807) is 6.07 Å². The Labute approximate surface area is 161 Å². The van der Waals surface area contributed by atoms with Gasteiger partial charge in [0.25, 0.3) is 0 Å². The molecule has 4 amide bonds. The standard InChI is InChI=1S/C19H21N3O4S/c1-4-20-12(2)10-15(13(20)3)16(23)11-22-18(25)17(24)21(19(22)26)8-7-14-6-5-9-27-14/h5-6,9-10H,4,7-8,11H2,1-3H3. The predicted octanol–water partition coefficient (Wildman–Crippen LogP) is 2.40. The molecule has 27 heavy (non-hydrogen) atoms. The highest BCUT2D eigenvalue weighted by molar-refractivity contribution is 7.09. The molecule has 1 saturated heterocycles. The number of thiophene rings is 1. The molecular formula is C19H21N3O4S. The molecule has 0 aromatic carbocycles. The first-order valence-electron chi connectivity index (χ1n) is 8.74. The number of carbonyl (C=O) groups is 4. The zero-order chi connectivity index (χ0) is 19.7. The van der Waals surface area contributed by atoms with Crippen LogP contribution in [0.2, 0.25) is 0 Å². The van der Waals surface area contributed by atoms with Crippen molar-refractivity contribution in [3.05, 3.63) is 45.4 Å². The molecule has 0 radical (unpaired) electrons. The van der Waals surface area contributed by atoms with E-state index in [4.69, 9.17) is 0 Å². The number of rotatable bonds is 7. The first kappa shape index (κ1) is 19.0. The summed E-state index contributed by atoms with van der Waals surface area (Å²) in [5.74, 6) is -2.16. The van der Waals surface area contributed by atoms with Crippen molar-refractivity contribution in [1.29, 1.82) is 0 Å². The van der Waals surface area contributed by atoms with Crippen LogP contribution in [-0.4, -0.2) is 51.1 Å². The van der Waals surface area contributed by atoms with Gasteiger partial charge in [0, 0.05) is 41.3 Å². The third-order valence-electron chi connectivity index (χ3n) is 4.79. The zero-order valence-corrected chi connectivity index (χ0v) is 16.3. The van der Waals surface area contributed by atoms with Crippen LogP contribution in [0, 0.1) is 13.8 Å². The second kappa shape index (κ2) is 7.48. The molecule has 2 aromatic heterocycles. The number of amides is 4. The molecule has 142 valence electrons. The topological polar surface area (TPSA) is 79.7 Å². The Morgan fingerprint density at radius 2 is 1.81 bits per heavy atom. The van der Waals surface area contributed by atoms with Gasteiger partial charge in [-0.05, 0) is 38.3 Å². The van der Waals surface area contributed by atoms with Gasteiger partial charge in [0.15, 0.2) is 5.78 Å². The molecule has 3 rings (SSSR count). The molecule has 1 aliphatic heterocycles. The minimum atomic E-state index is -0.941. The highest BCUT2D eigenvalue weighted by Crippen LogP contribution is 2.19. The molecule has 0 saturated carbocycles. The van der Waals surface area contributed by atoms with E-state index in [-0.39, 0.29) is 12.3 Å². The molecule has 8 heteroatoms. The van der Waals surface area contributed by atoms with Crippen LogP contribution >= 0.6 is 11.3 Å². The number of Topliss-reactive ketones (excluding diaryl/α,β-unsaturated/α-hetero) is 1. The van der Waals surface area contributed by atoms with Crippen molar-refractivity contribution in [3.8, 4) is 0 Å². The molecule has 0 atom stereocenters. The van der Waals surface area contributed by atoms with Crippen LogP contribution in [0.4, 0.5) is 4.79 Å². The van der Waals surface area contributed by atoms with E-state index in [0.29, 0.717) is 12.0 Å². The molecule has 7 nitrogen and oxygen atoms in total. The van der Waals surface area contributed by atoms with Gasteiger partial charge in [0.05, 0.1) is 6.54 Å². The molecular weight excluding hydrogens is 366 g/mol. The van der Waals surface area contributed by atoms with E-state index < -0.39 is 24.4 Å². The van der Waals surface area contributed by atoms with E-state index in [1.807, 2.05) is 42.9 Å². The average molecular weight is 387 g/mol. The van der Waals surface area contributed by atoms with Crippen LogP contribution in [0.3, 0.4) is 0 Å². The second-order valence-electron chi connectivity index (χ2n) is 6.41. The highest BCUT2D eigenvalue weighted by Gasteiger charge is 2.45. The number of nitrogens with zero attached hydrogens (tertiary/aromatic N) is 3. The van der Waals surface area contributed by atoms with Gasteiger partial charge in [-0.3, -0.25) is 19.3 Å². The van der Waals surface area contributed by atoms with Crippen molar-refractivity contribution in [2.45, 2.75) is 33.7 Å². The summed E-state index contributed by atoms with van der Waals surface area (Å²) in [6.07, 6.45) is 0.488. The van der Waals surface area contributed by atoms with Gasteiger partial charge in [0.2, 0.25) is 0 Å². The van der Waals surface area contributed by atoms with Gasteiger partial charge in [0.1, 0.15) is 0 Å². The fourth-order valence-electron chi connectivity index (χ4n) is 3.36. The first-order chi connectivity index (χ1) is 12.8. The Hall–Kier alpha value is -2.74. The minimum Gasteiger partial charge on any atom is -0.349 e. The van der Waals surface area contributed by atoms with Gasteiger partial charge in [-0.25, -0.2) is 9.69 Å². The molecule has 0 unspecified atom stereocenters. The fraction of sp³-hybridized carbons (Fsp3) is 0.368. The van der Waals surface area contributed by atoms with E-state index in [2.05, 4.69) is 0 Å². The van der Waals surface area contributed by atoms with E-state index in [1.165, 1.54) is 11.3 Å². The van der Waals surface area contributed by atoms with E-state index in [0.717, 1.165) is 32.6 Å². The summed E-state index contributed by atoms with van der Waals surface area (Å²) in [5, 5.41) is 1.91. The van der Waals surface area contributed by atoms with Crippen molar-refractivity contribution < 1.29 is 19.2 Å². The van der Waals surface area contributed by atoms with Gasteiger partial charge in [-0.15, -0.1) is 11.3 Å². The van der Waals surface area contributed by atoms with E-state index >= 15 is 0 Å². The molecule has 3 heterocycles. The Kier molecular flexibility index (Phi) is 5.27. The lowest BCUT2D eigenvalue weighted by Gasteiger charge is -2.14. The number of aromatic nitrogens is 1. The molecule has 2 aromatic rings. The SMILES string of the molecule is CCn1c(C)cc(C(=O)CN2C(=O)C(=O)N(CCc3cccs3)C2=O)c1C. The second-order valence-corrected chi connectivity index (χ2v) is 7.44. The third-order valence-corrected chi connectivity index (χ3v) is 5.73. The Balaban J connectivity index is 1.73. The fourth-order valence-corrected chi connectivity index (χ4v) is 4.06. The summed E-state index contributed by atoms with van der Waals surface area (Å²) < 4.78 is 1.99. The Morgan fingerprint density at radius 3 is 2.41 bits per heavy atom. The lowest BCUT2D eigenvalue weighted by atomic mass is 10.1. The summed E-state index contributed by atoms with van der Waals surface area (Å²) in [7, 11) is 0. The first-order valence-corrected chi connectivity index (χ1v) is 9.62. The maximum absolute atomic E-state index is 12.7. The van der Waals surface area contributed by atoms with Gasteiger partial charge >= 0.3 is 17.8 Å². The summed E-state index contributed by atoms with van der Waals surface area (Å²) in [6, 6.07) is 4.82. The minimum absolute atomic E-state index is 0.124. The van der Waals surface area contributed by atoms with Gasteiger partial charge in [-0.1, -0.05) is 6.07 Å². The number of ketones is 1. The molecule has 0 spiro atoms. The quantitative estimate of drug-likeness (QED) is 0.415. The molecule has 0 N–H and O–H groups in total. The largest absolute Gasteiger partial charge is 0.349 e. The van der Waals surface area contributed by atoms with Crippen molar-refractivity contribution >= 4 is 35.0 Å². The highest BCUT2D eigenvalue weighted by atomic mass is 32.1. The average Bonchev–Trinajstić information content (AvgIpc) is 3.30. The maximum atomic E-state index is 12.7. The number of imide groups is 2. The Morgan fingerprint density at radius 1 is 1.11 bits per heavy atom. The number of hydrogen-bond acceptors (Lipinski definition) is 5. The predicted molar refractivity (Wildman–Crippen MR) is 101 cm³/mol. The van der Waals surface area contributed by atoms with Crippen LogP contribution in [0.1, 0.15) is 33.5 Å². The van der Waals surface area contributed by atoms with Crippen LogP contribution in [0.5, 0.6) is 0 Å². The smallest absolute Gasteiger partial charge is 0.334 e. The molecule has 1 fully saturated rings. The zero-order valence-electron chi connectivity index (χ0n) is 15.5. The van der Waals surface area contributed by atoms with E-state index in [9.17, 15) is 19.2 Å². The third kappa shape index (κ3) is 3.44. The van der Waals surface area contributed by atoms with Crippen LogP contribution < -0.4 is 0 Å². The normalized spacial score (nSPS) is 14.6. The lowest BCUT2D eigenvalue weighted by Crippen LogP contribution is -2.37. The van der Waals surface area contributed by atoms with Crippen molar-refractivity contribution in [1.82, 2.24) is 14.4 Å².